The fraction of sp³-hybridized carbons (Fsp3) is 0.529. The van der Waals surface area contributed by atoms with Crippen molar-refractivity contribution >= 4 is 16.1 Å². The summed E-state index contributed by atoms with van der Waals surface area (Å²) in [5, 5.41) is -0.119. The fourth-order valence-electron chi connectivity index (χ4n) is 3.03. The zero-order chi connectivity index (χ0) is 15.6. The predicted octanol–water partition coefficient (Wildman–Crippen LogP) is 2.23. The molecular formula is C17H24N2O2S. The number of likely N-dealkylation sites (tertiary alicyclic amines) is 1. The summed E-state index contributed by atoms with van der Waals surface area (Å²) in [7, 11) is -3.04. The van der Waals surface area contributed by atoms with E-state index in [9.17, 15) is 8.42 Å². The Morgan fingerprint density at radius 2 is 2.14 bits per heavy atom. The van der Waals surface area contributed by atoms with E-state index in [1.54, 1.807) is 0 Å². The Labute approximate surface area is 133 Å². The van der Waals surface area contributed by atoms with Gasteiger partial charge in [0.25, 0.3) is 0 Å². The molecule has 5 heteroatoms. The molecule has 1 N–H and O–H groups in total. The van der Waals surface area contributed by atoms with Crippen LogP contribution in [-0.4, -0.2) is 38.2 Å². The molecule has 1 atom stereocenters. The van der Waals surface area contributed by atoms with Crippen molar-refractivity contribution < 1.29 is 8.42 Å². The van der Waals surface area contributed by atoms with Crippen molar-refractivity contribution in [2.75, 3.05) is 19.6 Å². The smallest absolute Gasteiger partial charge is 0.214 e. The molecule has 0 amide bonds. The highest BCUT2D eigenvalue weighted by Gasteiger charge is 2.36. The average molecular weight is 320 g/mol. The van der Waals surface area contributed by atoms with Gasteiger partial charge in [0.2, 0.25) is 10.0 Å². The monoisotopic (exact) mass is 320 g/mol. The van der Waals surface area contributed by atoms with E-state index >= 15 is 0 Å². The maximum atomic E-state index is 11.9. The summed E-state index contributed by atoms with van der Waals surface area (Å²) in [5.74, 6) is 0.427. The van der Waals surface area contributed by atoms with Gasteiger partial charge in [0.05, 0.1) is 5.25 Å². The minimum Gasteiger partial charge on any atom is -0.299 e. The van der Waals surface area contributed by atoms with Crippen LogP contribution < -0.4 is 4.72 Å². The van der Waals surface area contributed by atoms with Gasteiger partial charge < -0.3 is 0 Å². The highest BCUT2D eigenvalue weighted by atomic mass is 32.2. The van der Waals surface area contributed by atoms with Gasteiger partial charge in [0.15, 0.2) is 0 Å². The molecule has 0 bridgehead atoms. The van der Waals surface area contributed by atoms with E-state index < -0.39 is 10.0 Å². The van der Waals surface area contributed by atoms with Gasteiger partial charge >= 0.3 is 0 Å². The predicted molar refractivity (Wildman–Crippen MR) is 89.9 cm³/mol. The first kappa shape index (κ1) is 15.7. The quantitative estimate of drug-likeness (QED) is 0.838. The maximum Gasteiger partial charge on any atom is 0.214 e. The standard InChI is InChI=1S/C17H24N2O2S/c1-2-14-4-3-5-15(10-14)12-19-9-8-16(13-19)11-18-22(20,21)17-6-7-17/h2-5,10,16-18H,1,6-9,11-13H2/t16-/m0/s1. The maximum absolute atomic E-state index is 11.9. The molecule has 1 aliphatic heterocycles. The Bertz CT molecular complexity index is 638. The van der Waals surface area contributed by atoms with E-state index in [0.717, 1.165) is 44.5 Å². The number of benzene rings is 1. The van der Waals surface area contributed by atoms with Crippen LogP contribution in [0.3, 0.4) is 0 Å². The molecule has 0 aromatic heterocycles. The summed E-state index contributed by atoms with van der Waals surface area (Å²) in [4.78, 5) is 2.40. The molecule has 0 spiro atoms. The lowest BCUT2D eigenvalue weighted by atomic mass is 10.1. The van der Waals surface area contributed by atoms with Gasteiger partial charge in [-0.05, 0) is 42.9 Å². The van der Waals surface area contributed by atoms with Crippen molar-refractivity contribution in [3.05, 3.63) is 42.0 Å². The molecule has 1 aromatic carbocycles. The van der Waals surface area contributed by atoms with Crippen molar-refractivity contribution in [2.24, 2.45) is 5.92 Å². The van der Waals surface area contributed by atoms with Crippen LogP contribution in [0.5, 0.6) is 0 Å². The minimum atomic E-state index is -3.04. The van der Waals surface area contributed by atoms with Crippen LogP contribution in [-0.2, 0) is 16.6 Å². The number of rotatable bonds is 7. The molecule has 2 fully saturated rings. The second kappa shape index (κ2) is 6.52. The van der Waals surface area contributed by atoms with Crippen molar-refractivity contribution in [3.8, 4) is 0 Å². The normalized spacial score (nSPS) is 22.8. The van der Waals surface area contributed by atoms with Gasteiger partial charge in [-0.15, -0.1) is 0 Å². The summed E-state index contributed by atoms with van der Waals surface area (Å²) in [6.45, 7) is 7.31. The van der Waals surface area contributed by atoms with Crippen LogP contribution in [0.2, 0.25) is 0 Å². The summed E-state index contributed by atoms with van der Waals surface area (Å²) >= 11 is 0. The zero-order valence-electron chi connectivity index (χ0n) is 12.9. The Morgan fingerprint density at radius 3 is 2.86 bits per heavy atom. The lowest BCUT2D eigenvalue weighted by Crippen LogP contribution is -2.33. The summed E-state index contributed by atoms with van der Waals surface area (Å²) in [6.07, 6.45) is 4.58. The fourth-order valence-corrected chi connectivity index (χ4v) is 4.49. The molecule has 120 valence electrons. The Morgan fingerprint density at radius 1 is 1.32 bits per heavy atom. The third kappa shape index (κ3) is 3.97. The van der Waals surface area contributed by atoms with Crippen LogP contribution in [0.25, 0.3) is 6.08 Å². The van der Waals surface area contributed by atoms with E-state index in [4.69, 9.17) is 0 Å². The molecule has 2 aliphatic rings. The van der Waals surface area contributed by atoms with Gasteiger partial charge in [-0.25, -0.2) is 13.1 Å². The molecular weight excluding hydrogens is 296 g/mol. The van der Waals surface area contributed by atoms with Crippen molar-refractivity contribution in [2.45, 2.75) is 31.1 Å². The van der Waals surface area contributed by atoms with Crippen LogP contribution in [0.15, 0.2) is 30.8 Å². The summed E-state index contributed by atoms with van der Waals surface area (Å²) in [5.41, 5.74) is 2.43. The second-order valence-electron chi connectivity index (χ2n) is 6.43. The third-order valence-electron chi connectivity index (χ3n) is 4.50. The van der Waals surface area contributed by atoms with Crippen LogP contribution >= 0.6 is 0 Å². The van der Waals surface area contributed by atoms with Gasteiger partial charge in [-0.1, -0.05) is 36.9 Å². The molecule has 22 heavy (non-hydrogen) atoms. The number of sulfonamides is 1. The Kier molecular flexibility index (Phi) is 4.66. The first-order valence-electron chi connectivity index (χ1n) is 7.99. The van der Waals surface area contributed by atoms with Crippen molar-refractivity contribution in [1.82, 2.24) is 9.62 Å². The van der Waals surface area contributed by atoms with Crippen molar-refractivity contribution in [3.63, 3.8) is 0 Å². The number of nitrogens with one attached hydrogen (secondary N) is 1. The summed E-state index contributed by atoms with van der Waals surface area (Å²) < 4.78 is 26.5. The Balaban J connectivity index is 1.48. The molecule has 1 aromatic rings. The van der Waals surface area contributed by atoms with E-state index in [2.05, 4.69) is 40.5 Å². The van der Waals surface area contributed by atoms with E-state index in [1.165, 1.54) is 5.56 Å². The molecule has 1 saturated heterocycles. The number of hydrogen-bond acceptors (Lipinski definition) is 3. The lowest BCUT2D eigenvalue weighted by Gasteiger charge is -2.16. The van der Waals surface area contributed by atoms with Gasteiger partial charge in [0, 0.05) is 19.6 Å². The van der Waals surface area contributed by atoms with Crippen LogP contribution in [0, 0.1) is 5.92 Å². The first-order valence-corrected chi connectivity index (χ1v) is 9.53. The van der Waals surface area contributed by atoms with Crippen LogP contribution in [0.4, 0.5) is 0 Å². The Hall–Kier alpha value is -1.17. The number of hydrogen-bond donors (Lipinski definition) is 1. The topological polar surface area (TPSA) is 49.4 Å². The lowest BCUT2D eigenvalue weighted by molar-refractivity contribution is 0.316. The highest BCUT2D eigenvalue weighted by molar-refractivity contribution is 7.90. The molecule has 3 rings (SSSR count). The molecule has 1 heterocycles. The molecule has 0 radical (unpaired) electrons. The number of nitrogens with zero attached hydrogens (tertiary/aromatic N) is 1. The third-order valence-corrected chi connectivity index (χ3v) is 6.42. The largest absolute Gasteiger partial charge is 0.299 e. The minimum absolute atomic E-state index is 0.119. The highest BCUT2D eigenvalue weighted by Crippen LogP contribution is 2.28. The van der Waals surface area contributed by atoms with Crippen molar-refractivity contribution in [1.29, 1.82) is 0 Å². The average Bonchev–Trinajstić information content (AvgIpc) is 3.28. The van der Waals surface area contributed by atoms with E-state index in [0.29, 0.717) is 12.5 Å². The molecule has 0 unspecified atom stereocenters. The van der Waals surface area contributed by atoms with Gasteiger partial charge in [0.1, 0.15) is 0 Å². The SMILES string of the molecule is C=Cc1cccc(CN2CC[C@@H](CNS(=O)(=O)C3CC3)C2)c1. The molecule has 1 aliphatic carbocycles. The molecule has 1 saturated carbocycles. The first-order chi connectivity index (χ1) is 10.6. The molecule has 4 nitrogen and oxygen atoms in total. The van der Waals surface area contributed by atoms with Crippen LogP contribution in [0.1, 0.15) is 30.4 Å². The second-order valence-corrected chi connectivity index (χ2v) is 8.48. The van der Waals surface area contributed by atoms with Gasteiger partial charge in [-0.3, -0.25) is 4.90 Å². The van der Waals surface area contributed by atoms with E-state index in [1.807, 2.05) is 6.08 Å². The zero-order valence-corrected chi connectivity index (χ0v) is 13.7. The van der Waals surface area contributed by atoms with Gasteiger partial charge in [-0.2, -0.15) is 0 Å². The van der Waals surface area contributed by atoms with E-state index in [-0.39, 0.29) is 5.25 Å². The summed E-state index contributed by atoms with van der Waals surface area (Å²) in [6, 6.07) is 8.41.